The summed E-state index contributed by atoms with van der Waals surface area (Å²) in [5, 5.41) is 8.75. The quantitative estimate of drug-likeness (QED) is 0.403. The summed E-state index contributed by atoms with van der Waals surface area (Å²) in [5.74, 6) is 0.997. The molecule has 4 heteroatoms. The third-order valence-corrected chi connectivity index (χ3v) is 6.37. The highest BCUT2D eigenvalue weighted by Gasteiger charge is 2.20. The fourth-order valence-corrected chi connectivity index (χ4v) is 4.64. The molecule has 1 aliphatic heterocycles. The molecule has 0 amide bonds. The Balaban J connectivity index is 1.23. The monoisotopic (exact) mass is 445 g/mol. The zero-order chi connectivity index (χ0) is 19.6. The van der Waals surface area contributed by atoms with Gasteiger partial charge in [-0.3, -0.25) is 4.90 Å². The van der Waals surface area contributed by atoms with E-state index < -0.39 is 0 Å². The Hall–Kier alpha value is -2.43. The lowest BCUT2D eigenvalue weighted by molar-refractivity contribution is 0.211. The molecule has 3 nitrogen and oxygen atoms in total. The molecule has 2 heterocycles. The summed E-state index contributed by atoms with van der Waals surface area (Å²) >= 11 is 3.58. The maximum atomic E-state index is 4.61. The average Bonchev–Trinajstić information content (AvgIpc) is 2.75. The van der Waals surface area contributed by atoms with E-state index in [1.165, 1.54) is 27.1 Å². The van der Waals surface area contributed by atoms with Crippen molar-refractivity contribution in [3.05, 3.63) is 83.0 Å². The van der Waals surface area contributed by atoms with Gasteiger partial charge in [-0.15, -0.1) is 0 Å². The Morgan fingerprint density at radius 3 is 2.55 bits per heavy atom. The second kappa shape index (κ2) is 8.13. The number of pyridine rings is 1. The molecule has 0 spiro atoms. The van der Waals surface area contributed by atoms with E-state index >= 15 is 0 Å². The lowest BCUT2D eigenvalue weighted by Gasteiger charge is -2.32. The van der Waals surface area contributed by atoms with E-state index in [4.69, 9.17) is 0 Å². The van der Waals surface area contributed by atoms with Crippen molar-refractivity contribution in [2.45, 2.75) is 25.4 Å². The molecular weight excluding hydrogens is 422 g/mol. The molecule has 0 saturated carbocycles. The van der Waals surface area contributed by atoms with Crippen LogP contribution in [0.3, 0.4) is 0 Å². The summed E-state index contributed by atoms with van der Waals surface area (Å²) in [7, 11) is 0. The molecule has 1 aromatic heterocycles. The van der Waals surface area contributed by atoms with Gasteiger partial charge in [0.1, 0.15) is 5.82 Å². The molecule has 0 radical (unpaired) electrons. The first-order valence-corrected chi connectivity index (χ1v) is 11.0. The molecule has 146 valence electrons. The van der Waals surface area contributed by atoms with E-state index in [1.54, 1.807) is 0 Å². The van der Waals surface area contributed by atoms with Crippen molar-refractivity contribution in [2.75, 3.05) is 18.4 Å². The maximum Gasteiger partial charge on any atom is 0.134 e. The van der Waals surface area contributed by atoms with Crippen molar-refractivity contribution in [3.63, 3.8) is 0 Å². The predicted octanol–water partition coefficient (Wildman–Crippen LogP) is 6.23. The van der Waals surface area contributed by atoms with E-state index in [2.05, 4.69) is 97.9 Å². The number of nitrogens with zero attached hydrogens (tertiary/aromatic N) is 2. The molecule has 0 atom stereocenters. The van der Waals surface area contributed by atoms with E-state index in [1.807, 2.05) is 6.20 Å². The zero-order valence-electron chi connectivity index (χ0n) is 16.3. The van der Waals surface area contributed by atoms with E-state index in [9.17, 15) is 0 Å². The van der Waals surface area contributed by atoms with Gasteiger partial charge in [0.25, 0.3) is 0 Å². The Kier molecular flexibility index (Phi) is 5.21. The van der Waals surface area contributed by atoms with Gasteiger partial charge in [-0.1, -0.05) is 58.4 Å². The molecule has 5 rings (SSSR count). The Bertz CT molecular complexity index is 1150. The van der Waals surface area contributed by atoms with Gasteiger partial charge in [0.15, 0.2) is 0 Å². The number of aromatic nitrogens is 1. The summed E-state index contributed by atoms with van der Waals surface area (Å²) < 4.78 is 1.09. The van der Waals surface area contributed by atoms with Gasteiger partial charge in [0, 0.05) is 41.7 Å². The first kappa shape index (κ1) is 18.6. The van der Waals surface area contributed by atoms with Crippen LogP contribution in [-0.2, 0) is 6.54 Å². The zero-order valence-corrected chi connectivity index (χ0v) is 17.9. The molecule has 1 saturated heterocycles. The van der Waals surface area contributed by atoms with Crippen LogP contribution < -0.4 is 5.32 Å². The van der Waals surface area contributed by atoms with Gasteiger partial charge in [0.05, 0.1) is 0 Å². The van der Waals surface area contributed by atoms with Crippen molar-refractivity contribution >= 4 is 43.3 Å². The van der Waals surface area contributed by atoms with Crippen LogP contribution in [-0.4, -0.2) is 29.0 Å². The lowest BCUT2D eigenvalue weighted by Crippen LogP contribution is -2.38. The lowest BCUT2D eigenvalue weighted by atomic mass is 10.0. The number of halogens is 1. The molecular formula is C25H24BrN3. The normalized spacial score (nSPS) is 15.8. The number of piperidine rings is 1. The second-order valence-electron chi connectivity index (χ2n) is 7.90. The van der Waals surface area contributed by atoms with Crippen LogP contribution in [0.2, 0.25) is 0 Å². The Morgan fingerprint density at radius 1 is 0.897 bits per heavy atom. The highest BCUT2D eigenvalue weighted by molar-refractivity contribution is 9.10. The first-order chi connectivity index (χ1) is 14.2. The number of benzene rings is 3. The molecule has 4 aromatic rings. The predicted molar refractivity (Wildman–Crippen MR) is 125 cm³/mol. The van der Waals surface area contributed by atoms with Crippen molar-refractivity contribution in [1.29, 1.82) is 0 Å². The number of hydrogen-bond acceptors (Lipinski definition) is 3. The SMILES string of the molecule is Brc1ccc2ccnc(NC3CCN(Cc4ccc5ccccc5c4)CC3)c2c1. The highest BCUT2D eigenvalue weighted by Crippen LogP contribution is 2.27. The standard InChI is InChI=1S/C25H24BrN3/c26-22-8-7-20-9-12-27-25(24(20)16-22)28-23-10-13-29(14-11-23)17-18-5-6-19-3-1-2-4-21(19)15-18/h1-9,12,15-16,23H,10-11,13-14,17H2,(H,27,28). The van der Waals surface area contributed by atoms with Crippen molar-refractivity contribution in [2.24, 2.45) is 0 Å². The van der Waals surface area contributed by atoms with Gasteiger partial charge in [-0.2, -0.15) is 0 Å². The van der Waals surface area contributed by atoms with E-state index in [0.717, 1.165) is 42.8 Å². The van der Waals surface area contributed by atoms with Crippen LogP contribution in [0.5, 0.6) is 0 Å². The van der Waals surface area contributed by atoms with Gasteiger partial charge in [-0.05, 0) is 58.8 Å². The molecule has 0 bridgehead atoms. The highest BCUT2D eigenvalue weighted by atomic mass is 79.9. The molecule has 3 aromatic carbocycles. The molecule has 1 aliphatic rings. The fourth-order valence-electron chi connectivity index (χ4n) is 4.28. The van der Waals surface area contributed by atoms with Gasteiger partial charge in [0.2, 0.25) is 0 Å². The summed E-state index contributed by atoms with van der Waals surface area (Å²) in [4.78, 5) is 7.18. The molecule has 0 aliphatic carbocycles. The minimum atomic E-state index is 0.472. The van der Waals surface area contributed by atoms with Crippen LogP contribution in [0.25, 0.3) is 21.5 Å². The molecule has 0 unspecified atom stereocenters. The minimum absolute atomic E-state index is 0.472. The largest absolute Gasteiger partial charge is 0.367 e. The smallest absolute Gasteiger partial charge is 0.134 e. The Morgan fingerprint density at radius 2 is 1.69 bits per heavy atom. The summed E-state index contributed by atoms with van der Waals surface area (Å²) in [5.41, 5.74) is 1.40. The van der Waals surface area contributed by atoms with Crippen LogP contribution in [0.4, 0.5) is 5.82 Å². The number of likely N-dealkylation sites (tertiary alicyclic amines) is 1. The summed E-state index contributed by atoms with van der Waals surface area (Å²) in [6.07, 6.45) is 4.17. The molecule has 1 fully saturated rings. The number of hydrogen-bond donors (Lipinski definition) is 1. The molecule has 29 heavy (non-hydrogen) atoms. The maximum absolute atomic E-state index is 4.61. The van der Waals surface area contributed by atoms with Crippen LogP contribution in [0.15, 0.2) is 77.4 Å². The topological polar surface area (TPSA) is 28.2 Å². The van der Waals surface area contributed by atoms with Crippen molar-refractivity contribution < 1.29 is 0 Å². The minimum Gasteiger partial charge on any atom is -0.367 e. The second-order valence-corrected chi connectivity index (χ2v) is 8.82. The summed E-state index contributed by atoms with van der Waals surface area (Å²) in [6, 6.07) is 24.3. The van der Waals surface area contributed by atoms with Crippen LogP contribution in [0.1, 0.15) is 18.4 Å². The van der Waals surface area contributed by atoms with Crippen LogP contribution >= 0.6 is 15.9 Å². The number of anilines is 1. The van der Waals surface area contributed by atoms with Gasteiger partial charge < -0.3 is 5.32 Å². The van der Waals surface area contributed by atoms with Crippen LogP contribution in [0, 0.1) is 0 Å². The van der Waals surface area contributed by atoms with Gasteiger partial charge >= 0.3 is 0 Å². The van der Waals surface area contributed by atoms with Gasteiger partial charge in [-0.25, -0.2) is 4.98 Å². The number of nitrogens with one attached hydrogen (secondary N) is 1. The van der Waals surface area contributed by atoms with E-state index in [0.29, 0.717) is 6.04 Å². The third kappa shape index (κ3) is 4.14. The van der Waals surface area contributed by atoms with Crippen molar-refractivity contribution in [3.8, 4) is 0 Å². The first-order valence-electron chi connectivity index (χ1n) is 10.3. The number of rotatable bonds is 4. The molecule has 1 N–H and O–H groups in total. The number of fused-ring (bicyclic) bond motifs is 2. The summed E-state index contributed by atoms with van der Waals surface area (Å²) in [6.45, 7) is 3.24. The van der Waals surface area contributed by atoms with E-state index in [-0.39, 0.29) is 0 Å². The average molecular weight is 446 g/mol. The Labute approximate surface area is 179 Å². The van der Waals surface area contributed by atoms with Crippen molar-refractivity contribution in [1.82, 2.24) is 9.88 Å². The fraction of sp³-hybridized carbons (Fsp3) is 0.240. The third-order valence-electron chi connectivity index (χ3n) is 5.88.